The van der Waals surface area contributed by atoms with Crippen molar-refractivity contribution >= 4 is 28.5 Å². The number of nitrogens with one attached hydrogen (secondary N) is 1. The molecule has 0 saturated heterocycles. The Labute approximate surface area is 202 Å². The molecule has 0 atom stereocenters. The molecular weight excluding hydrogens is 450 g/mol. The lowest BCUT2D eigenvalue weighted by Gasteiger charge is -2.28. The Kier molecular flexibility index (Phi) is 6.20. The van der Waals surface area contributed by atoms with Crippen molar-refractivity contribution in [1.29, 1.82) is 0 Å². The van der Waals surface area contributed by atoms with Gasteiger partial charge < -0.3 is 5.32 Å². The van der Waals surface area contributed by atoms with Crippen LogP contribution in [0.4, 0.5) is 0 Å². The van der Waals surface area contributed by atoms with E-state index in [4.69, 9.17) is 11.6 Å². The van der Waals surface area contributed by atoms with Crippen LogP contribution in [0.5, 0.6) is 0 Å². The van der Waals surface area contributed by atoms with Crippen molar-refractivity contribution in [2.75, 3.05) is 6.54 Å². The van der Waals surface area contributed by atoms with Crippen molar-refractivity contribution < 1.29 is 4.79 Å². The lowest BCUT2D eigenvalue weighted by molar-refractivity contribution is -0.126. The molecule has 1 saturated carbocycles. The Bertz CT molecular complexity index is 1360. The molecule has 0 unspecified atom stereocenters. The Morgan fingerprint density at radius 1 is 1.06 bits per heavy atom. The highest BCUT2D eigenvalue weighted by Gasteiger charge is 2.42. The van der Waals surface area contributed by atoms with Gasteiger partial charge in [-0.15, -0.1) is 0 Å². The van der Waals surface area contributed by atoms with Crippen LogP contribution in [0.1, 0.15) is 36.8 Å². The summed E-state index contributed by atoms with van der Waals surface area (Å²) in [7, 11) is 0. The molecule has 174 valence electrons. The van der Waals surface area contributed by atoms with Crippen LogP contribution in [0.3, 0.4) is 0 Å². The Hall–Kier alpha value is -3.45. The average Bonchev–Trinajstić information content (AvgIpc) is 3.51. The molecule has 8 heteroatoms. The largest absolute Gasteiger partial charge is 0.353 e. The zero-order valence-corrected chi connectivity index (χ0v) is 19.5. The van der Waals surface area contributed by atoms with E-state index < -0.39 is 5.41 Å². The first kappa shape index (κ1) is 22.3. The second-order valence-electron chi connectivity index (χ2n) is 8.82. The maximum atomic E-state index is 13.3. The number of fused-ring (bicyclic) bond motifs is 1. The molecule has 1 N–H and O–H groups in total. The number of amides is 1. The van der Waals surface area contributed by atoms with Gasteiger partial charge in [-0.05, 0) is 36.1 Å². The highest BCUT2D eigenvalue weighted by atomic mass is 35.5. The second kappa shape index (κ2) is 9.43. The minimum absolute atomic E-state index is 0.0296. The van der Waals surface area contributed by atoms with E-state index in [2.05, 4.69) is 15.4 Å². The Morgan fingerprint density at radius 2 is 1.79 bits per heavy atom. The molecule has 5 rings (SSSR count). The molecule has 0 bridgehead atoms. The molecule has 2 aromatic carbocycles. The van der Waals surface area contributed by atoms with Crippen LogP contribution in [0.15, 0.2) is 71.9 Å². The third-order valence-corrected chi connectivity index (χ3v) is 6.97. The molecule has 34 heavy (non-hydrogen) atoms. The van der Waals surface area contributed by atoms with E-state index in [-0.39, 0.29) is 11.5 Å². The van der Waals surface area contributed by atoms with Crippen molar-refractivity contribution in [2.45, 2.75) is 44.2 Å². The highest BCUT2D eigenvalue weighted by molar-refractivity contribution is 6.30. The minimum Gasteiger partial charge on any atom is -0.353 e. The molecule has 1 amide bonds. The zero-order chi connectivity index (χ0) is 23.5. The number of aromatic nitrogens is 4. The van der Waals surface area contributed by atoms with Crippen molar-refractivity contribution in [3.8, 4) is 0 Å². The Balaban J connectivity index is 1.28. The fourth-order valence-corrected chi connectivity index (χ4v) is 5.02. The van der Waals surface area contributed by atoms with Crippen molar-refractivity contribution in [1.82, 2.24) is 24.6 Å². The summed E-state index contributed by atoms with van der Waals surface area (Å²) >= 11 is 6.05. The smallest absolute Gasteiger partial charge is 0.264 e. The summed E-state index contributed by atoms with van der Waals surface area (Å²) < 4.78 is 3.26. The van der Waals surface area contributed by atoms with Gasteiger partial charge in [-0.1, -0.05) is 66.9 Å². The molecule has 0 aliphatic heterocycles. The summed E-state index contributed by atoms with van der Waals surface area (Å²) in [5, 5.41) is 8.59. The first-order valence-electron chi connectivity index (χ1n) is 11.6. The molecule has 1 aliphatic rings. The normalized spacial score (nSPS) is 15.0. The maximum Gasteiger partial charge on any atom is 0.264 e. The molecule has 0 radical (unpaired) electrons. The molecule has 2 aromatic heterocycles. The maximum absolute atomic E-state index is 13.3. The van der Waals surface area contributed by atoms with Gasteiger partial charge in [-0.3, -0.25) is 14.2 Å². The highest BCUT2D eigenvalue weighted by Crippen LogP contribution is 2.41. The van der Waals surface area contributed by atoms with Crippen molar-refractivity contribution in [2.24, 2.45) is 0 Å². The number of carbonyl (C=O) groups excluding carboxylic acids is 1. The van der Waals surface area contributed by atoms with Gasteiger partial charge >= 0.3 is 0 Å². The number of halogens is 1. The number of nitrogens with zero attached hydrogens (tertiary/aromatic N) is 4. The summed E-state index contributed by atoms with van der Waals surface area (Å²) in [6.45, 7) is 1.29. The lowest BCUT2D eigenvalue weighted by atomic mass is 9.78. The van der Waals surface area contributed by atoms with Gasteiger partial charge in [0.2, 0.25) is 5.91 Å². The van der Waals surface area contributed by atoms with Gasteiger partial charge in [0, 0.05) is 11.6 Å². The lowest BCUT2D eigenvalue weighted by Crippen LogP contribution is -2.43. The molecule has 0 spiro atoms. The number of hydrogen-bond donors (Lipinski definition) is 1. The molecule has 4 aromatic rings. The van der Waals surface area contributed by atoms with E-state index >= 15 is 0 Å². The average molecular weight is 476 g/mol. The van der Waals surface area contributed by atoms with Gasteiger partial charge in [0.15, 0.2) is 5.65 Å². The summed E-state index contributed by atoms with van der Waals surface area (Å²) in [6.07, 6.45) is 6.82. The number of benzene rings is 2. The van der Waals surface area contributed by atoms with Gasteiger partial charge in [0.1, 0.15) is 11.7 Å². The van der Waals surface area contributed by atoms with E-state index in [0.717, 1.165) is 36.8 Å². The van der Waals surface area contributed by atoms with E-state index in [1.807, 2.05) is 54.6 Å². The summed E-state index contributed by atoms with van der Waals surface area (Å²) in [5.41, 5.74) is 1.92. The van der Waals surface area contributed by atoms with E-state index in [1.54, 1.807) is 21.8 Å². The van der Waals surface area contributed by atoms with Crippen molar-refractivity contribution in [3.63, 3.8) is 0 Å². The SMILES string of the molecule is O=C(NCCn1ncc2c(=O)n(Cc3ccccc3)cnc21)C1(c2ccc(Cl)cc2)CCCC1. The van der Waals surface area contributed by atoms with Crippen LogP contribution in [0.25, 0.3) is 11.0 Å². The van der Waals surface area contributed by atoms with Crippen LogP contribution >= 0.6 is 11.6 Å². The topological polar surface area (TPSA) is 81.8 Å². The van der Waals surface area contributed by atoms with Gasteiger partial charge in [0.05, 0.1) is 24.7 Å². The van der Waals surface area contributed by atoms with E-state index in [0.29, 0.717) is 35.7 Å². The molecule has 1 aliphatic carbocycles. The third kappa shape index (κ3) is 4.23. The third-order valence-electron chi connectivity index (χ3n) is 6.72. The standard InChI is InChI=1S/C26H26ClN5O2/c27-21-10-8-20(9-11-21)26(12-4-5-13-26)25(34)28-14-15-32-23-22(16-30-32)24(33)31(18-29-23)17-19-6-2-1-3-7-19/h1-3,6-11,16,18H,4-5,12-15,17H2,(H,28,34). The molecule has 7 nitrogen and oxygen atoms in total. The van der Waals surface area contributed by atoms with E-state index in [9.17, 15) is 9.59 Å². The second-order valence-corrected chi connectivity index (χ2v) is 9.26. The summed E-state index contributed by atoms with van der Waals surface area (Å²) in [5.74, 6) is 0.0296. The predicted molar refractivity (Wildman–Crippen MR) is 132 cm³/mol. The predicted octanol–water partition coefficient (Wildman–Crippen LogP) is 3.92. The number of carbonyl (C=O) groups is 1. The number of rotatable bonds is 7. The quantitative estimate of drug-likeness (QED) is 0.439. The van der Waals surface area contributed by atoms with Crippen LogP contribution in [-0.4, -0.2) is 31.8 Å². The zero-order valence-electron chi connectivity index (χ0n) is 18.8. The van der Waals surface area contributed by atoms with Gasteiger partial charge in [-0.2, -0.15) is 5.10 Å². The van der Waals surface area contributed by atoms with Crippen LogP contribution < -0.4 is 10.9 Å². The van der Waals surface area contributed by atoms with Crippen LogP contribution in [-0.2, 0) is 23.3 Å². The Morgan fingerprint density at radius 3 is 2.53 bits per heavy atom. The first-order chi connectivity index (χ1) is 16.6. The summed E-state index contributed by atoms with van der Waals surface area (Å²) in [4.78, 5) is 30.7. The van der Waals surface area contributed by atoms with Crippen LogP contribution in [0.2, 0.25) is 5.02 Å². The molecular formula is C26H26ClN5O2. The first-order valence-corrected chi connectivity index (χ1v) is 11.9. The number of hydrogen-bond acceptors (Lipinski definition) is 4. The fraction of sp³-hybridized carbons (Fsp3) is 0.308. The van der Waals surface area contributed by atoms with Crippen LogP contribution in [0, 0.1) is 0 Å². The van der Waals surface area contributed by atoms with Crippen molar-refractivity contribution in [3.05, 3.63) is 93.6 Å². The molecule has 1 fully saturated rings. The van der Waals surface area contributed by atoms with E-state index in [1.165, 1.54) is 0 Å². The fourth-order valence-electron chi connectivity index (χ4n) is 4.89. The van der Waals surface area contributed by atoms with Gasteiger partial charge in [0.25, 0.3) is 5.56 Å². The monoisotopic (exact) mass is 475 g/mol. The van der Waals surface area contributed by atoms with Gasteiger partial charge in [-0.25, -0.2) is 9.67 Å². The minimum atomic E-state index is -0.514. The molecule has 2 heterocycles. The summed E-state index contributed by atoms with van der Waals surface area (Å²) in [6, 6.07) is 17.4.